The van der Waals surface area contributed by atoms with Crippen molar-refractivity contribution in [1.82, 2.24) is 0 Å². The van der Waals surface area contributed by atoms with E-state index in [1.54, 1.807) is 0 Å². The molecule has 1 heterocycles. The van der Waals surface area contributed by atoms with Crippen LogP contribution in [0.15, 0.2) is 0 Å². The Hall–Kier alpha value is -0.0400. The minimum atomic E-state index is 0.513. The predicted molar refractivity (Wildman–Crippen MR) is 52.2 cm³/mol. The van der Waals surface area contributed by atoms with Gasteiger partial charge in [0.25, 0.3) is 0 Å². The molecule has 1 aliphatic heterocycles. The van der Waals surface area contributed by atoms with Gasteiger partial charge in [0.15, 0.2) is 0 Å². The normalized spacial score (nSPS) is 24.8. The van der Waals surface area contributed by atoms with E-state index in [2.05, 4.69) is 20.8 Å². The van der Waals surface area contributed by atoms with Gasteiger partial charge in [0.2, 0.25) is 0 Å². The van der Waals surface area contributed by atoms with Crippen molar-refractivity contribution in [3.05, 3.63) is 0 Å². The average Bonchev–Trinajstić information content (AvgIpc) is 2.36. The summed E-state index contributed by atoms with van der Waals surface area (Å²) >= 11 is 0. The minimum absolute atomic E-state index is 0.513. The summed E-state index contributed by atoms with van der Waals surface area (Å²) < 4.78 is 5.34. The molecule has 0 N–H and O–H groups in total. The lowest BCUT2D eigenvalue weighted by atomic mass is 9.88. The third-order valence-electron chi connectivity index (χ3n) is 2.56. The Morgan fingerprint density at radius 3 is 2.58 bits per heavy atom. The van der Waals surface area contributed by atoms with E-state index >= 15 is 0 Å². The van der Waals surface area contributed by atoms with Crippen LogP contribution in [0.25, 0.3) is 0 Å². The van der Waals surface area contributed by atoms with Gasteiger partial charge >= 0.3 is 0 Å². The predicted octanol–water partition coefficient (Wildman–Crippen LogP) is 3.24. The molecule has 0 bridgehead atoms. The van der Waals surface area contributed by atoms with E-state index in [0.717, 1.165) is 19.1 Å². The number of rotatable bonds is 3. The molecule has 1 aliphatic rings. The number of hydrogen-bond acceptors (Lipinski definition) is 1. The molecule has 1 unspecified atom stereocenters. The minimum Gasteiger partial charge on any atom is -0.381 e. The Kier molecular flexibility index (Phi) is 3.57. The van der Waals surface area contributed by atoms with Crippen LogP contribution < -0.4 is 0 Å². The molecule has 0 saturated carbocycles. The van der Waals surface area contributed by atoms with Gasteiger partial charge in [0.05, 0.1) is 0 Å². The van der Waals surface area contributed by atoms with Crippen LogP contribution in [0.4, 0.5) is 0 Å². The van der Waals surface area contributed by atoms with E-state index in [9.17, 15) is 0 Å². The van der Waals surface area contributed by atoms with Gasteiger partial charge in [0, 0.05) is 13.2 Å². The molecule has 0 amide bonds. The molecule has 72 valence electrons. The van der Waals surface area contributed by atoms with Crippen molar-refractivity contribution in [3.8, 4) is 0 Å². The first-order chi connectivity index (χ1) is 5.58. The zero-order chi connectivity index (χ0) is 9.03. The SMILES string of the molecule is CC(C)(C)CCCC1CCOC1. The van der Waals surface area contributed by atoms with Crippen molar-refractivity contribution in [3.63, 3.8) is 0 Å². The molecule has 0 aliphatic carbocycles. The summed E-state index contributed by atoms with van der Waals surface area (Å²) in [6.45, 7) is 8.97. The van der Waals surface area contributed by atoms with Crippen LogP contribution in [0.3, 0.4) is 0 Å². The van der Waals surface area contributed by atoms with E-state index in [1.807, 2.05) is 0 Å². The lowest BCUT2D eigenvalue weighted by Gasteiger charge is -2.18. The second-order valence-corrected chi connectivity index (χ2v) is 5.18. The molecular weight excluding hydrogens is 148 g/mol. The first-order valence-corrected chi connectivity index (χ1v) is 5.16. The summed E-state index contributed by atoms with van der Waals surface area (Å²) in [5.41, 5.74) is 0.513. The summed E-state index contributed by atoms with van der Waals surface area (Å²) in [7, 11) is 0. The second-order valence-electron chi connectivity index (χ2n) is 5.18. The number of ether oxygens (including phenoxy) is 1. The van der Waals surface area contributed by atoms with Crippen LogP contribution >= 0.6 is 0 Å². The van der Waals surface area contributed by atoms with Crippen molar-refractivity contribution in [2.45, 2.75) is 46.5 Å². The molecule has 0 aromatic rings. The highest BCUT2D eigenvalue weighted by atomic mass is 16.5. The molecule has 0 aromatic heterocycles. The fourth-order valence-electron chi connectivity index (χ4n) is 1.73. The molecular formula is C11H22O. The highest BCUT2D eigenvalue weighted by Crippen LogP contribution is 2.25. The Morgan fingerprint density at radius 2 is 2.08 bits per heavy atom. The maximum Gasteiger partial charge on any atom is 0.0495 e. The van der Waals surface area contributed by atoms with Crippen LogP contribution in [0.1, 0.15) is 46.5 Å². The topological polar surface area (TPSA) is 9.23 Å². The molecule has 1 rings (SSSR count). The molecule has 0 aromatic carbocycles. The number of hydrogen-bond donors (Lipinski definition) is 0. The van der Waals surface area contributed by atoms with Gasteiger partial charge in [-0.25, -0.2) is 0 Å². The van der Waals surface area contributed by atoms with Gasteiger partial charge in [0.1, 0.15) is 0 Å². The van der Waals surface area contributed by atoms with Crippen molar-refractivity contribution >= 4 is 0 Å². The Labute approximate surface area is 76.5 Å². The first-order valence-electron chi connectivity index (χ1n) is 5.16. The van der Waals surface area contributed by atoms with Gasteiger partial charge in [-0.2, -0.15) is 0 Å². The van der Waals surface area contributed by atoms with Crippen LogP contribution in [0.2, 0.25) is 0 Å². The summed E-state index contributed by atoms with van der Waals surface area (Å²) in [5, 5.41) is 0. The first kappa shape index (κ1) is 10.0. The monoisotopic (exact) mass is 170 g/mol. The summed E-state index contributed by atoms with van der Waals surface area (Å²) in [4.78, 5) is 0. The smallest absolute Gasteiger partial charge is 0.0495 e. The highest BCUT2D eigenvalue weighted by Gasteiger charge is 2.16. The largest absolute Gasteiger partial charge is 0.381 e. The zero-order valence-electron chi connectivity index (χ0n) is 8.73. The fourth-order valence-corrected chi connectivity index (χ4v) is 1.73. The lowest BCUT2D eigenvalue weighted by molar-refractivity contribution is 0.182. The van der Waals surface area contributed by atoms with E-state index < -0.39 is 0 Å². The van der Waals surface area contributed by atoms with Gasteiger partial charge in [-0.05, 0) is 30.6 Å². The standard InChI is InChI=1S/C11H22O/c1-11(2,3)7-4-5-10-6-8-12-9-10/h10H,4-9H2,1-3H3. The van der Waals surface area contributed by atoms with E-state index in [-0.39, 0.29) is 0 Å². The molecule has 1 atom stereocenters. The Bertz CT molecular complexity index is 117. The molecule has 1 fully saturated rings. The van der Waals surface area contributed by atoms with Gasteiger partial charge in [-0.15, -0.1) is 0 Å². The van der Waals surface area contributed by atoms with Crippen molar-refractivity contribution in [1.29, 1.82) is 0 Å². The summed E-state index contributed by atoms with van der Waals surface area (Å²) in [5.74, 6) is 0.868. The molecule has 1 nitrogen and oxygen atoms in total. The van der Waals surface area contributed by atoms with Crippen LogP contribution in [0.5, 0.6) is 0 Å². The van der Waals surface area contributed by atoms with E-state index in [1.165, 1.54) is 25.7 Å². The Morgan fingerprint density at radius 1 is 1.33 bits per heavy atom. The van der Waals surface area contributed by atoms with Gasteiger partial charge in [-0.1, -0.05) is 27.2 Å². The molecule has 12 heavy (non-hydrogen) atoms. The van der Waals surface area contributed by atoms with Crippen molar-refractivity contribution in [2.24, 2.45) is 11.3 Å². The zero-order valence-corrected chi connectivity index (χ0v) is 8.73. The van der Waals surface area contributed by atoms with Crippen LogP contribution in [0, 0.1) is 11.3 Å². The summed E-state index contributed by atoms with van der Waals surface area (Å²) in [6, 6.07) is 0. The third-order valence-corrected chi connectivity index (χ3v) is 2.56. The molecule has 0 spiro atoms. The maximum atomic E-state index is 5.34. The molecule has 1 heteroatoms. The van der Waals surface area contributed by atoms with Crippen molar-refractivity contribution < 1.29 is 4.74 Å². The van der Waals surface area contributed by atoms with E-state index in [4.69, 9.17) is 4.74 Å². The average molecular weight is 170 g/mol. The molecule has 0 radical (unpaired) electrons. The summed E-state index contributed by atoms with van der Waals surface area (Å²) in [6.07, 6.45) is 5.39. The van der Waals surface area contributed by atoms with Crippen LogP contribution in [-0.4, -0.2) is 13.2 Å². The maximum absolute atomic E-state index is 5.34. The van der Waals surface area contributed by atoms with Crippen LogP contribution in [-0.2, 0) is 4.74 Å². The lowest BCUT2D eigenvalue weighted by Crippen LogP contribution is -2.06. The van der Waals surface area contributed by atoms with E-state index in [0.29, 0.717) is 5.41 Å². The second kappa shape index (κ2) is 4.27. The van der Waals surface area contributed by atoms with Crippen molar-refractivity contribution in [2.75, 3.05) is 13.2 Å². The highest BCUT2D eigenvalue weighted by molar-refractivity contribution is 4.67. The quantitative estimate of drug-likeness (QED) is 0.632. The van der Waals surface area contributed by atoms with Gasteiger partial charge in [-0.3, -0.25) is 0 Å². The fraction of sp³-hybridized carbons (Fsp3) is 1.00. The Balaban J connectivity index is 2.02. The van der Waals surface area contributed by atoms with Gasteiger partial charge < -0.3 is 4.74 Å². The molecule has 1 saturated heterocycles. The third kappa shape index (κ3) is 4.10.